The predicted octanol–water partition coefficient (Wildman–Crippen LogP) is 2.53. The Balaban J connectivity index is 2.45. The van der Waals surface area contributed by atoms with Gasteiger partial charge >= 0.3 is 0 Å². The Morgan fingerprint density at radius 3 is 2.71 bits per heavy atom. The van der Waals surface area contributed by atoms with Crippen LogP contribution in [0.3, 0.4) is 0 Å². The summed E-state index contributed by atoms with van der Waals surface area (Å²) in [6.45, 7) is 5.00. The molecule has 92 valence electrons. The first kappa shape index (κ1) is 13.5. The summed E-state index contributed by atoms with van der Waals surface area (Å²) < 4.78 is 15.9. The van der Waals surface area contributed by atoms with Gasteiger partial charge in [-0.1, -0.05) is 5.73 Å². The molecule has 0 saturated carbocycles. The van der Waals surface area contributed by atoms with E-state index in [0.29, 0.717) is 19.0 Å². The van der Waals surface area contributed by atoms with Gasteiger partial charge in [0.1, 0.15) is 12.0 Å². The molecule has 1 aromatic heterocycles. The first-order valence-electron chi connectivity index (χ1n) is 5.57. The number of nitrogens with zero attached hydrogens (tertiary/aromatic N) is 1. The third kappa shape index (κ3) is 5.88. The molecule has 0 saturated heterocycles. The van der Waals surface area contributed by atoms with E-state index in [4.69, 9.17) is 14.2 Å². The van der Waals surface area contributed by atoms with E-state index >= 15 is 0 Å². The Bertz CT molecular complexity index is 352. The van der Waals surface area contributed by atoms with E-state index in [1.165, 1.54) is 6.26 Å². The van der Waals surface area contributed by atoms with Crippen molar-refractivity contribution in [2.75, 3.05) is 13.2 Å². The largest absolute Gasteiger partial charge is 0.455 e. The lowest BCUT2D eigenvalue weighted by Crippen LogP contribution is -2.13. The Morgan fingerprint density at radius 1 is 1.35 bits per heavy atom. The fourth-order valence-electron chi connectivity index (χ4n) is 1.11. The van der Waals surface area contributed by atoms with E-state index in [1.54, 1.807) is 24.5 Å². The molecule has 4 heteroatoms. The summed E-state index contributed by atoms with van der Waals surface area (Å²) >= 11 is 0. The maximum Gasteiger partial charge on any atom is 0.184 e. The standard InChI is InChI=1S/C13H17NO3/c1-3-15-13(16-4-2)8-6-10-17-12-7-5-9-14-11-12/h5,7-11,13H,3-4H2,1-2H3. The number of ether oxygens (including phenoxy) is 3. The average Bonchev–Trinajstić information content (AvgIpc) is 2.36. The Morgan fingerprint density at radius 2 is 2.12 bits per heavy atom. The zero-order valence-corrected chi connectivity index (χ0v) is 10.1. The van der Waals surface area contributed by atoms with Gasteiger partial charge in [0.15, 0.2) is 6.29 Å². The quantitative estimate of drug-likeness (QED) is 0.413. The van der Waals surface area contributed by atoms with E-state index < -0.39 is 0 Å². The summed E-state index contributed by atoms with van der Waals surface area (Å²) in [6.07, 6.45) is 6.05. The minimum absolute atomic E-state index is 0.376. The van der Waals surface area contributed by atoms with Crippen molar-refractivity contribution >= 4 is 0 Å². The highest BCUT2D eigenvalue weighted by atomic mass is 16.7. The molecule has 0 N–H and O–H groups in total. The van der Waals surface area contributed by atoms with Crippen molar-refractivity contribution in [1.82, 2.24) is 4.98 Å². The van der Waals surface area contributed by atoms with Gasteiger partial charge in [0.05, 0.1) is 6.20 Å². The summed E-state index contributed by atoms with van der Waals surface area (Å²) in [5.41, 5.74) is 2.85. The second kappa shape index (κ2) is 8.53. The first-order chi connectivity index (χ1) is 8.36. The third-order valence-electron chi connectivity index (χ3n) is 1.79. The molecular weight excluding hydrogens is 218 g/mol. The van der Waals surface area contributed by atoms with Crippen LogP contribution < -0.4 is 4.74 Å². The highest BCUT2D eigenvalue weighted by Gasteiger charge is 2.00. The van der Waals surface area contributed by atoms with E-state index in [1.807, 2.05) is 19.9 Å². The van der Waals surface area contributed by atoms with Gasteiger partial charge in [-0.2, -0.15) is 0 Å². The van der Waals surface area contributed by atoms with Crippen molar-refractivity contribution in [2.24, 2.45) is 0 Å². The van der Waals surface area contributed by atoms with Crippen LogP contribution in [0.15, 0.2) is 42.6 Å². The van der Waals surface area contributed by atoms with E-state index in [-0.39, 0.29) is 6.29 Å². The molecule has 0 atom stereocenters. The van der Waals surface area contributed by atoms with Gasteiger partial charge in [0.2, 0.25) is 0 Å². The van der Waals surface area contributed by atoms with Gasteiger partial charge in [-0.05, 0) is 26.0 Å². The molecule has 4 nitrogen and oxygen atoms in total. The Labute approximate surface area is 102 Å². The second-order valence-corrected chi connectivity index (χ2v) is 3.04. The molecule has 1 aromatic rings. The topological polar surface area (TPSA) is 40.6 Å². The smallest absolute Gasteiger partial charge is 0.184 e. The van der Waals surface area contributed by atoms with Gasteiger partial charge in [0.25, 0.3) is 0 Å². The maximum atomic E-state index is 5.31. The summed E-state index contributed by atoms with van der Waals surface area (Å²) in [4.78, 5) is 3.93. The van der Waals surface area contributed by atoms with Crippen LogP contribution in [0.4, 0.5) is 0 Å². The molecule has 0 unspecified atom stereocenters. The van der Waals surface area contributed by atoms with Crippen LogP contribution in [0, 0.1) is 0 Å². The lowest BCUT2D eigenvalue weighted by atomic mass is 10.5. The van der Waals surface area contributed by atoms with Crippen molar-refractivity contribution in [3.05, 3.63) is 42.6 Å². The van der Waals surface area contributed by atoms with Crippen molar-refractivity contribution in [3.8, 4) is 5.75 Å². The lowest BCUT2D eigenvalue weighted by Gasteiger charge is -2.10. The summed E-state index contributed by atoms with van der Waals surface area (Å²) in [6, 6.07) is 3.61. The van der Waals surface area contributed by atoms with E-state index in [2.05, 4.69) is 10.7 Å². The van der Waals surface area contributed by atoms with Crippen LogP contribution >= 0.6 is 0 Å². The second-order valence-electron chi connectivity index (χ2n) is 3.04. The SMILES string of the molecule is CCOC(C=C=COc1cccnc1)OCC. The van der Waals surface area contributed by atoms with Crippen LogP contribution in [0.5, 0.6) is 5.75 Å². The maximum absolute atomic E-state index is 5.31. The summed E-state index contributed by atoms with van der Waals surface area (Å²) in [5.74, 6) is 0.665. The van der Waals surface area contributed by atoms with Gasteiger partial charge in [-0.3, -0.25) is 4.98 Å². The average molecular weight is 235 g/mol. The zero-order valence-electron chi connectivity index (χ0n) is 10.1. The van der Waals surface area contributed by atoms with E-state index in [9.17, 15) is 0 Å². The Kier molecular flexibility index (Phi) is 6.75. The minimum atomic E-state index is -0.376. The van der Waals surface area contributed by atoms with Crippen LogP contribution in [0.2, 0.25) is 0 Å². The number of hydrogen-bond acceptors (Lipinski definition) is 4. The van der Waals surface area contributed by atoms with Gasteiger partial charge in [0, 0.05) is 25.5 Å². The molecule has 0 bridgehead atoms. The fraction of sp³-hybridized carbons (Fsp3) is 0.385. The van der Waals surface area contributed by atoms with Crippen molar-refractivity contribution in [2.45, 2.75) is 20.1 Å². The molecule has 0 amide bonds. The molecular formula is C13H17NO3. The molecule has 0 radical (unpaired) electrons. The number of aromatic nitrogens is 1. The monoisotopic (exact) mass is 235 g/mol. The highest BCUT2D eigenvalue weighted by molar-refractivity contribution is 5.16. The minimum Gasteiger partial charge on any atom is -0.455 e. The van der Waals surface area contributed by atoms with E-state index in [0.717, 1.165) is 0 Å². The number of pyridine rings is 1. The molecule has 0 aliphatic carbocycles. The molecule has 1 rings (SSSR count). The number of rotatable bonds is 7. The van der Waals surface area contributed by atoms with Gasteiger partial charge in [-0.15, -0.1) is 0 Å². The third-order valence-corrected chi connectivity index (χ3v) is 1.79. The normalized spacial score (nSPS) is 9.82. The zero-order chi connectivity index (χ0) is 12.3. The molecule has 0 fully saturated rings. The first-order valence-corrected chi connectivity index (χ1v) is 5.57. The molecule has 1 heterocycles. The van der Waals surface area contributed by atoms with Crippen LogP contribution in [-0.4, -0.2) is 24.5 Å². The fourth-order valence-corrected chi connectivity index (χ4v) is 1.11. The number of hydrogen-bond donors (Lipinski definition) is 0. The van der Waals surface area contributed by atoms with Gasteiger partial charge in [-0.25, -0.2) is 0 Å². The van der Waals surface area contributed by atoms with Gasteiger partial charge < -0.3 is 14.2 Å². The molecule has 0 aliphatic heterocycles. The van der Waals surface area contributed by atoms with Crippen LogP contribution in [0.25, 0.3) is 0 Å². The predicted molar refractivity (Wildman–Crippen MR) is 64.6 cm³/mol. The summed E-state index contributed by atoms with van der Waals surface area (Å²) in [7, 11) is 0. The Hall–Kier alpha value is -1.61. The van der Waals surface area contributed by atoms with Crippen LogP contribution in [0.1, 0.15) is 13.8 Å². The summed E-state index contributed by atoms with van der Waals surface area (Å²) in [5, 5.41) is 0. The van der Waals surface area contributed by atoms with Crippen molar-refractivity contribution in [1.29, 1.82) is 0 Å². The van der Waals surface area contributed by atoms with Crippen molar-refractivity contribution in [3.63, 3.8) is 0 Å². The molecule has 17 heavy (non-hydrogen) atoms. The van der Waals surface area contributed by atoms with Crippen LogP contribution in [-0.2, 0) is 9.47 Å². The van der Waals surface area contributed by atoms with Crippen molar-refractivity contribution < 1.29 is 14.2 Å². The molecule has 0 aliphatic rings. The molecule has 0 spiro atoms. The lowest BCUT2D eigenvalue weighted by molar-refractivity contribution is -0.103. The highest BCUT2D eigenvalue weighted by Crippen LogP contribution is 2.05. The molecule has 0 aromatic carbocycles.